The molecule has 34 heavy (non-hydrogen) atoms. The largest absolute Gasteiger partial charge is 0.492 e. The minimum Gasteiger partial charge on any atom is -0.492 e. The van der Waals surface area contributed by atoms with E-state index in [4.69, 9.17) is 14.5 Å². The van der Waals surface area contributed by atoms with Gasteiger partial charge in [-0.2, -0.15) is 22.7 Å². The Morgan fingerprint density at radius 1 is 1.26 bits per heavy atom. The number of aromatic nitrogens is 4. The maximum absolute atomic E-state index is 13.8. The van der Waals surface area contributed by atoms with Crippen LogP contribution in [-0.2, 0) is 16.8 Å². The van der Waals surface area contributed by atoms with E-state index in [-0.39, 0.29) is 18.0 Å². The summed E-state index contributed by atoms with van der Waals surface area (Å²) in [5.41, 5.74) is 1.60. The number of aryl methyl sites for hydroxylation is 1. The lowest BCUT2D eigenvalue weighted by Gasteiger charge is -2.32. The first-order valence-corrected chi connectivity index (χ1v) is 10.4. The highest BCUT2D eigenvalue weighted by Crippen LogP contribution is 2.48. The summed E-state index contributed by atoms with van der Waals surface area (Å²) in [7, 11) is 1.33. The zero-order valence-electron chi connectivity index (χ0n) is 18.2. The summed E-state index contributed by atoms with van der Waals surface area (Å²) in [6, 6.07) is 3.15. The molecule has 2 aliphatic heterocycles. The second kappa shape index (κ2) is 7.76. The first-order valence-electron chi connectivity index (χ1n) is 10.4. The van der Waals surface area contributed by atoms with E-state index in [0.29, 0.717) is 41.1 Å². The average molecular weight is 477 g/mol. The third-order valence-electron chi connectivity index (χ3n) is 6.04. The molecule has 5 rings (SSSR count). The Morgan fingerprint density at radius 3 is 2.74 bits per heavy atom. The van der Waals surface area contributed by atoms with Crippen LogP contribution in [0.4, 0.5) is 23.2 Å². The molecular weight excluding hydrogens is 458 g/mol. The average Bonchev–Trinajstić information content (AvgIpc) is 3.48. The fraction of sp³-hybridized carbons (Fsp3) is 0.364. The normalized spacial score (nSPS) is 19.8. The monoisotopic (exact) mass is 477 g/mol. The number of hydrogen-bond acceptors (Lipinski definition) is 6. The van der Waals surface area contributed by atoms with Crippen LogP contribution in [0.5, 0.6) is 5.75 Å². The fourth-order valence-corrected chi connectivity index (χ4v) is 4.57. The van der Waals surface area contributed by atoms with E-state index in [9.17, 15) is 22.4 Å². The molecule has 1 unspecified atom stereocenters. The maximum Gasteiger partial charge on any atom is 0.408 e. The minimum absolute atomic E-state index is 0.0499. The topological polar surface area (TPSA) is 82.4 Å². The number of alkyl halides is 3. The SMILES string of the molecule is COc1cc(-c2cc(C)c3c(n2)C2(CCOC2)N(c2cnn(CC(F)(F)F)c2)C3=O)cnc1F. The van der Waals surface area contributed by atoms with Gasteiger partial charge in [-0.1, -0.05) is 0 Å². The first kappa shape index (κ1) is 22.3. The lowest BCUT2D eigenvalue weighted by Crippen LogP contribution is -2.45. The van der Waals surface area contributed by atoms with Crippen LogP contribution in [0.3, 0.4) is 0 Å². The summed E-state index contributed by atoms with van der Waals surface area (Å²) < 4.78 is 63.7. The molecule has 3 aromatic rings. The number of pyridine rings is 2. The smallest absolute Gasteiger partial charge is 0.408 e. The van der Waals surface area contributed by atoms with Crippen LogP contribution in [-0.4, -0.2) is 52.2 Å². The van der Waals surface area contributed by atoms with Gasteiger partial charge in [-0.3, -0.25) is 14.4 Å². The van der Waals surface area contributed by atoms with E-state index in [0.717, 1.165) is 4.68 Å². The van der Waals surface area contributed by atoms with Crippen molar-refractivity contribution < 1.29 is 31.8 Å². The Labute approximate surface area is 191 Å². The molecule has 0 aliphatic carbocycles. The van der Waals surface area contributed by atoms with Gasteiger partial charge < -0.3 is 9.47 Å². The molecule has 0 radical (unpaired) electrons. The molecule has 5 heterocycles. The van der Waals surface area contributed by atoms with Crippen LogP contribution in [0.25, 0.3) is 11.3 Å². The second-order valence-electron chi connectivity index (χ2n) is 8.25. The summed E-state index contributed by atoms with van der Waals surface area (Å²) in [6.45, 7) is 0.941. The van der Waals surface area contributed by atoms with Gasteiger partial charge in [0.2, 0.25) is 0 Å². The summed E-state index contributed by atoms with van der Waals surface area (Å²) in [5, 5.41) is 3.80. The number of hydrogen-bond donors (Lipinski definition) is 0. The standard InChI is InChI=1S/C22H19F4N5O3/c1-12-5-15(13-6-16(33-2)19(23)27-7-13)29-18-17(12)20(32)31(21(18)3-4-34-11-21)14-8-28-30(9-14)10-22(24,25)26/h5-9H,3-4,10-11H2,1-2H3. The zero-order chi connectivity index (χ0) is 24.3. The van der Waals surface area contributed by atoms with Crippen LogP contribution in [0.2, 0.25) is 0 Å². The van der Waals surface area contributed by atoms with Crippen LogP contribution in [0.15, 0.2) is 30.7 Å². The number of rotatable bonds is 4. The molecule has 8 nitrogen and oxygen atoms in total. The molecule has 178 valence electrons. The molecule has 3 aromatic heterocycles. The molecule has 1 fully saturated rings. The molecular formula is C22H19F4N5O3. The van der Waals surface area contributed by atoms with Gasteiger partial charge in [0.1, 0.15) is 12.1 Å². The van der Waals surface area contributed by atoms with Crippen LogP contribution in [0.1, 0.15) is 28.0 Å². The van der Waals surface area contributed by atoms with E-state index in [1.807, 2.05) is 0 Å². The van der Waals surface area contributed by atoms with Gasteiger partial charge in [0.05, 0.1) is 42.6 Å². The fourth-order valence-electron chi connectivity index (χ4n) is 4.57. The van der Waals surface area contributed by atoms with Crippen LogP contribution in [0, 0.1) is 12.9 Å². The van der Waals surface area contributed by atoms with Crippen molar-refractivity contribution in [1.29, 1.82) is 0 Å². The van der Waals surface area contributed by atoms with E-state index in [1.165, 1.54) is 36.7 Å². The predicted octanol–water partition coefficient (Wildman–Crippen LogP) is 3.63. The molecule has 2 aliphatic rings. The van der Waals surface area contributed by atoms with Crippen molar-refractivity contribution in [2.24, 2.45) is 0 Å². The lowest BCUT2D eigenvalue weighted by molar-refractivity contribution is -0.142. The summed E-state index contributed by atoms with van der Waals surface area (Å²) in [6.07, 6.45) is -0.299. The number of halogens is 4. The summed E-state index contributed by atoms with van der Waals surface area (Å²) in [5.74, 6) is -1.20. The first-order chi connectivity index (χ1) is 16.1. The van der Waals surface area contributed by atoms with Crippen molar-refractivity contribution >= 4 is 11.6 Å². The molecule has 0 saturated carbocycles. The highest BCUT2D eigenvalue weighted by atomic mass is 19.4. The van der Waals surface area contributed by atoms with E-state index >= 15 is 0 Å². The number of methoxy groups -OCH3 is 1. The number of ether oxygens (including phenoxy) is 2. The van der Waals surface area contributed by atoms with Crippen LogP contribution < -0.4 is 9.64 Å². The maximum atomic E-state index is 13.8. The van der Waals surface area contributed by atoms with Gasteiger partial charge in [-0.25, -0.2) is 9.97 Å². The van der Waals surface area contributed by atoms with Gasteiger partial charge in [0.25, 0.3) is 11.9 Å². The number of carbonyl (C=O) groups excluding carboxylic acids is 1. The second-order valence-corrected chi connectivity index (χ2v) is 8.25. The highest BCUT2D eigenvalue weighted by Gasteiger charge is 2.55. The quantitative estimate of drug-likeness (QED) is 0.422. The number of amides is 1. The summed E-state index contributed by atoms with van der Waals surface area (Å²) >= 11 is 0. The lowest BCUT2D eigenvalue weighted by atomic mass is 9.91. The summed E-state index contributed by atoms with van der Waals surface area (Å²) in [4.78, 5) is 23.4. The third-order valence-corrected chi connectivity index (χ3v) is 6.04. The number of fused-ring (bicyclic) bond motifs is 2. The van der Waals surface area contributed by atoms with E-state index in [2.05, 4.69) is 10.1 Å². The molecule has 1 saturated heterocycles. The van der Waals surface area contributed by atoms with Crippen LogP contribution >= 0.6 is 0 Å². The molecule has 12 heteroatoms. The van der Waals surface area contributed by atoms with E-state index < -0.39 is 30.1 Å². The predicted molar refractivity (Wildman–Crippen MR) is 111 cm³/mol. The zero-order valence-corrected chi connectivity index (χ0v) is 18.2. The Balaban J connectivity index is 1.62. The van der Waals surface area contributed by atoms with Crippen molar-refractivity contribution in [3.63, 3.8) is 0 Å². The Hall–Kier alpha value is -3.54. The van der Waals surface area contributed by atoms with Crippen molar-refractivity contribution in [2.45, 2.75) is 31.6 Å². The van der Waals surface area contributed by atoms with Gasteiger partial charge in [0.15, 0.2) is 5.75 Å². The van der Waals surface area contributed by atoms with Crippen molar-refractivity contribution in [3.05, 3.63) is 53.5 Å². The van der Waals surface area contributed by atoms with Gasteiger partial charge >= 0.3 is 6.18 Å². The molecule has 0 aromatic carbocycles. The molecule has 0 bridgehead atoms. The minimum atomic E-state index is -4.45. The Kier molecular flexibility index (Phi) is 5.08. The third kappa shape index (κ3) is 3.49. The van der Waals surface area contributed by atoms with Crippen molar-refractivity contribution in [1.82, 2.24) is 19.7 Å². The number of nitrogens with zero attached hydrogens (tertiary/aromatic N) is 5. The van der Waals surface area contributed by atoms with Crippen molar-refractivity contribution in [3.8, 4) is 17.0 Å². The van der Waals surface area contributed by atoms with Gasteiger partial charge in [0, 0.05) is 31.0 Å². The number of carbonyl (C=O) groups is 1. The van der Waals surface area contributed by atoms with E-state index in [1.54, 1.807) is 13.0 Å². The molecule has 1 spiro atoms. The van der Waals surface area contributed by atoms with Gasteiger partial charge in [-0.05, 0) is 24.6 Å². The Bertz CT molecular complexity index is 1280. The Morgan fingerprint density at radius 2 is 2.06 bits per heavy atom. The van der Waals surface area contributed by atoms with Gasteiger partial charge in [-0.15, -0.1) is 0 Å². The van der Waals surface area contributed by atoms with Crippen molar-refractivity contribution in [2.75, 3.05) is 25.2 Å². The number of anilines is 1. The molecule has 1 amide bonds. The molecule has 0 N–H and O–H groups in total. The molecule has 1 atom stereocenters. The highest BCUT2D eigenvalue weighted by molar-refractivity contribution is 6.12.